The van der Waals surface area contributed by atoms with Crippen molar-refractivity contribution in [1.29, 1.82) is 0 Å². The summed E-state index contributed by atoms with van der Waals surface area (Å²) in [6.45, 7) is 4.95. The van der Waals surface area contributed by atoms with Gasteiger partial charge in [0, 0.05) is 13.1 Å². The molecule has 2 saturated heterocycles. The van der Waals surface area contributed by atoms with Crippen LogP contribution in [0.1, 0.15) is 39.0 Å². The molecule has 0 aromatic rings. The Bertz CT molecular complexity index is 343. The lowest BCUT2D eigenvalue weighted by atomic mass is 9.67. The minimum absolute atomic E-state index is 0.0718. The molecule has 0 aromatic heterocycles. The molecular weight excluding hydrogens is 230 g/mol. The van der Waals surface area contributed by atoms with Crippen LogP contribution < -0.4 is 0 Å². The molecule has 0 radical (unpaired) electrons. The highest BCUT2D eigenvalue weighted by Crippen LogP contribution is 2.47. The highest BCUT2D eigenvalue weighted by Gasteiger charge is 2.55. The molecule has 0 bridgehead atoms. The smallest absolute Gasteiger partial charge is 0.313 e. The lowest BCUT2D eigenvalue weighted by molar-refractivity contribution is -0.154. The second-order valence-electron chi connectivity index (χ2n) is 6.72. The quantitative estimate of drug-likeness (QED) is 0.814. The molecule has 0 amide bonds. The van der Waals surface area contributed by atoms with E-state index in [-0.39, 0.29) is 6.04 Å². The molecule has 3 fully saturated rings. The third kappa shape index (κ3) is 1.77. The Hall–Kier alpha value is -0.610. The van der Waals surface area contributed by atoms with Crippen molar-refractivity contribution in [3.8, 4) is 0 Å². The maximum absolute atomic E-state index is 11.4. The number of hydrogen-bond donors (Lipinski definition) is 1. The van der Waals surface area contributed by atoms with Crippen LogP contribution >= 0.6 is 0 Å². The molecule has 2 atom stereocenters. The lowest BCUT2D eigenvalue weighted by Crippen LogP contribution is -2.64. The van der Waals surface area contributed by atoms with Gasteiger partial charge in [-0.25, -0.2) is 0 Å². The predicted octanol–water partition coefficient (Wildman–Crippen LogP) is 1.74. The van der Waals surface area contributed by atoms with Crippen LogP contribution in [0.2, 0.25) is 0 Å². The molecule has 3 aliphatic rings. The molecule has 3 rings (SSSR count). The summed E-state index contributed by atoms with van der Waals surface area (Å²) in [4.78, 5) is 13.8. The lowest BCUT2D eigenvalue weighted by Gasteiger charge is -2.56. The summed E-state index contributed by atoms with van der Waals surface area (Å²) < 4.78 is 5.44. The number of nitrogens with zero attached hydrogens (tertiary/aromatic N) is 1. The van der Waals surface area contributed by atoms with E-state index < -0.39 is 11.4 Å². The second kappa shape index (κ2) is 4.20. The molecular formula is C14H23NO3. The third-order valence-corrected chi connectivity index (χ3v) is 5.33. The van der Waals surface area contributed by atoms with E-state index in [0.29, 0.717) is 18.6 Å². The van der Waals surface area contributed by atoms with Crippen molar-refractivity contribution in [2.24, 2.45) is 10.8 Å². The molecule has 2 heterocycles. The van der Waals surface area contributed by atoms with Gasteiger partial charge in [-0.15, -0.1) is 0 Å². The fourth-order valence-corrected chi connectivity index (χ4v) is 4.03. The van der Waals surface area contributed by atoms with E-state index in [2.05, 4.69) is 4.90 Å². The van der Waals surface area contributed by atoms with Gasteiger partial charge >= 0.3 is 5.97 Å². The topological polar surface area (TPSA) is 49.8 Å². The number of ether oxygens (including phenoxy) is 1. The zero-order chi connectivity index (χ0) is 12.8. The first-order valence-corrected chi connectivity index (χ1v) is 7.11. The van der Waals surface area contributed by atoms with Gasteiger partial charge in [0.25, 0.3) is 0 Å². The van der Waals surface area contributed by atoms with Gasteiger partial charge in [-0.3, -0.25) is 9.69 Å². The third-order valence-electron chi connectivity index (χ3n) is 5.33. The largest absolute Gasteiger partial charge is 0.481 e. The average Bonchev–Trinajstić information content (AvgIpc) is 2.70. The van der Waals surface area contributed by atoms with Crippen LogP contribution in [0.3, 0.4) is 0 Å². The molecule has 18 heavy (non-hydrogen) atoms. The number of rotatable bonds is 2. The Labute approximate surface area is 108 Å². The summed E-state index contributed by atoms with van der Waals surface area (Å²) in [6, 6.07) is 0.0718. The first kappa shape index (κ1) is 12.4. The summed E-state index contributed by atoms with van der Waals surface area (Å²) in [5, 5.41) is 9.41. The number of likely N-dealkylation sites (tertiary alicyclic amines) is 1. The standard InChI is InChI=1S/C14H23NO3/c1-13(12(16)17)10-18-7-11(13)15-8-14(9-15)5-3-2-4-6-14/h11H,2-10H2,1H3,(H,16,17). The van der Waals surface area contributed by atoms with Gasteiger partial charge in [0.1, 0.15) is 5.41 Å². The van der Waals surface area contributed by atoms with Gasteiger partial charge in [0.2, 0.25) is 0 Å². The number of hydrogen-bond acceptors (Lipinski definition) is 3. The van der Waals surface area contributed by atoms with Crippen LogP contribution in [0.15, 0.2) is 0 Å². The van der Waals surface area contributed by atoms with Gasteiger partial charge in [-0.1, -0.05) is 19.3 Å². The van der Waals surface area contributed by atoms with Crippen molar-refractivity contribution in [2.45, 2.75) is 45.1 Å². The monoisotopic (exact) mass is 253 g/mol. The Morgan fingerprint density at radius 2 is 1.94 bits per heavy atom. The first-order chi connectivity index (χ1) is 8.56. The average molecular weight is 253 g/mol. The number of carboxylic acid groups (broad SMARTS) is 1. The molecule has 1 spiro atoms. The summed E-state index contributed by atoms with van der Waals surface area (Å²) in [5.74, 6) is -0.713. The fourth-order valence-electron chi connectivity index (χ4n) is 4.03. The van der Waals surface area contributed by atoms with Crippen molar-refractivity contribution in [3.63, 3.8) is 0 Å². The van der Waals surface area contributed by atoms with Gasteiger partial charge in [-0.05, 0) is 25.2 Å². The maximum Gasteiger partial charge on any atom is 0.313 e. The van der Waals surface area contributed by atoms with Gasteiger partial charge in [0.15, 0.2) is 0 Å². The molecule has 1 saturated carbocycles. The minimum Gasteiger partial charge on any atom is -0.481 e. The number of carbonyl (C=O) groups is 1. The van der Waals surface area contributed by atoms with E-state index in [1.165, 1.54) is 32.1 Å². The van der Waals surface area contributed by atoms with Crippen LogP contribution in [-0.2, 0) is 9.53 Å². The van der Waals surface area contributed by atoms with E-state index in [1.807, 2.05) is 6.92 Å². The first-order valence-electron chi connectivity index (χ1n) is 7.11. The minimum atomic E-state index is -0.713. The Kier molecular flexibility index (Phi) is 2.90. The van der Waals surface area contributed by atoms with Crippen LogP contribution in [0.5, 0.6) is 0 Å². The Morgan fingerprint density at radius 1 is 1.28 bits per heavy atom. The Balaban J connectivity index is 1.65. The molecule has 4 heteroatoms. The number of carboxylic acids is 1. The van der Waals surface area contributed by atoms with Crippen LogP contribution in [0.25, 0.3) is 0 Å². The highest BCUT2D eigenvalue weighted by molar-refractivity contribution is 5.75. The van der Waals surface area contributed by atoms with Crippen LogP contribution in [0.4, 0.5) is 0 Å². The van der Waals surface area contributed by atoms with Gasteiger partial charge in [-0.2, -0.15) is 0 Å². The van der Waals surface area contributed by atoms with Crippen molar-refractivity contribution in [2.75, 3.05) is 26.3 Å². The van der Waals surface area contributed by atoms with E-state index in [0.717, 1.165) is 13.1 Å². The Morgan fingerprint density at radius 3 is 2.56 bits per heavy atom. The van der Waals surface area contributed by atoms with E-state index in [9.17, 15) is 9.90 Å². The number of aliphatic carboxylic acids is 1. The normalized spacial score (nSPS) is 39.7. The SMILES string of the molecule is CC1(C(=O)O)COCC1N1CC2(CCCCC2)C1. The molecule has 1 N–H and O–H groups in total. The molecule has 1 aliphatic carbocycles. The molecule has 0 aromatic carbocycles. The van der Waals surface area contributed by atoms with Gasteiger partial charge in [0.05, 0.1) is 19.3 Å². The second-order valence-corrected chi connectivity index (χ2v) is 6.72. The molecule has 4 nitrogen and oxygen atoms in total. The summed E-state index contributed by atoms with van der Waals surface area (Å²) in [7, 11) is 0. The van der Waals surface area contributed by atoms with Crippen molar-refractivity contribution in [1.82, 2.24) is 4.90 Å². The maximum atomic E-state index is 11.4. The fraction of sp³-hybridized carbons (Fsp3) is 0.929. The highest BCUT2D eigenvalue weighted by atomic mass is 16.5. The van der Waals surface area contributed by atoms with E-state index in [1.54, 1.807) is 0 Å². The van der Waals surface area contributed by atoms with Crippen molar-refractivity contribution in [3.05, 3.63) is 0 Å². The van der Waals surface area contributed by atoms with E-state index in [4.69, 9.17) is 4.74 Å². The van der Waals surface area contributed by atoms with Gasteiger partial charge < -0.3 is 9.84 Å². The van der Waals surface area contributed by atoms with Crippen molar-refractivity contribution < 1.29 is 14.6 Å². The van der Waals surface area contributed by atoms with E-state index >= 15 is 0 Å². The summed E-state index contributed by atoms with van der Waals surface area (Å²) in [5.41, 5.74) is -0.198. The summed E-state index contributed by atoms with van der Waals surface area (Å²) >= 11 is 0. The van der Waals surface area contributed by atoms with Crippen LogP contribution in [-0.4, -0.2) is 48.3 Å². The van der Waals surface area contributed by atoms with Crippen LogP contribution in [0, 0.1) is 10.8 Å². The molecule has 2 unspecified atom stereocenters. The predicted molar refractivity (Wildman–Crippen MR) is 67.4 cm³/mol. The molecule has 102 valence electrons. The zero-order valence-corrected chi connectivity index (χ0v) is 11.2. The zero-order valence-electron chi connectivity index (χ0n) is 11.2. The van der Waals surface area contributed by atoms with Crippen molar-refractivity contribution >= 4 is 5.97 Å². The molecule has 2 aliphatic heterocycles. The summed E-state index contributed by atoms with van der Waals surface area (Å²) in [6.07, 6.45) is 6.75.